The van der Waals surface area contributed by atoms with E-state index in [4.69, 9.17) is 10.5 Å². The SMILES string of the molecule is COCCN(C(=O)CN1C[C@@H](C)C[C@H](C)C1)c1c(N)n(Cc2ccccc2)c(=O)[nH]c1=O. The van der Waals surface area contributed by atoms with E-state index in [0.29, 0.717) is 11.8 Å². The Labute approximate surface area is 187 Å². The van der Waals surface area contributed by atoms with E-state index < -0.39 is 11.2 Å². The number of anilines is 2. The second-order valence-corrected chi connectivity index (χ2v) is 8.74. The minimum atomic E-state index is -0.679. The monoisotopic (exact) mass is 443 g/mol. The number of benzene rings is 1. The Bertz CT molecular complexity index is 1020. The van der Waals surface area contributed by atoms with Crippen molar-refractivity contribution in [3.63, 3.8) is 0 Å². The number of aromatic nitrogens is 2. The van der Waals surface area contributed by atoms with E-state index in [1.54, 1.807) is 0 Å². The van der Waals surface area contributed by atoms with Gasteiger partial charge in [0.15, 0.2) is 5.69 Å². The summed E-state index contributed by atoms with van der Waals surface area (Å²) >= 11 is 0. The summed E-state index contributed by atoms with van der Waals surface area (Å²) in [6.07, 6.45) is 1.13. The number of nitrogen functional groups attached to an aromatic ring is 1. The van der Waals surface area contributed by atoms with Gasteiger partial charge in [0, 0.05) is 26.7 Å². The predicted octanol–water partition coefficient (Wildman–Crippen LogP) is 1.12. The molecule has 1 amide bonds. The summed E-state index contributed by atoms with van der Waals surface area (Å²) in [7, 11) is 1.53. The molecule has 0 spiro atoms. The maximum atomic E-state index is 13.3. The standard InChI is InChI=1S/C23H33N5O4/c1-16-11-17(2)13-26(12-16)15-19(29)27(9-10-32-3)20-21(24)28(23(31)25-22(20)30)14-18-7-5-4-6-8-18/h4-8,16-17H,9-15,24H2,1-3H3,(H,25,30,31)/t16-,17-/m0/s1. The molecule has 1 saturated heterocycles. The van der Waals surface area contributed by atoms with Crippen LogP contribution in [0.4, 0.5) is 11.5 Å². The first-order valence-electron chi connectivity index (χ1n) is 11.0. The number of hydrogen-bond acceptors (Lipinski definition) is 6. The number of amides is 1. The molecule has 2 atom stereocenters. The third-order valence-corrected chi connectivity index (χ3v) is 5.79. The first-order valence-corrected chi connectivity index (χ1v) is 11.0. The topological polar surface area (TPSA) is 114 Å². The molecule has 3 rings (SSSR count). The molecule has 0 saturated carbocycles. The number of nitrogens with two attached hydrogens (primary N) is 1. The Kier molecular flexibility index (Phi) is 7.87. The fourth-order valence-corrected chi connectivity index (χ4v) is 4.50. The molecule has 0 radical (unpaired) electrons. The Balaban J connectivity index is 1.94. The second kappa shape index (κ2) is 10.6. The van der Waals surface area contributed by atoms with Gasteiger partial charge in [-0.2, -0.15) is 0 Å². The van der Waals surface area contributed by atoms with Crippen molar-refractivity contribution >= 4 is 17.4 Å². The van der Waals surface area contributed by atoms with Gasteiger partial charge in [-0.25, -0.2) is 4.79 Å². The van der Waals surface area contributed by atoms with Crippen molar-refractivity contribution in [2.24, 2.45) is 11.8 Å². The smallest absolute Gasteiger partial charge is 0.330 e. The fraction of sp³-hybridized carbons (Fsp3) is 0.522. The molecule has 32 heavy (non-hydrogen) atoms. The summed E-state index contributed by atoms with van der Waals surface area (Å²) in [5.74, 6) is 0.721. The van der Waals surface area contributed by atoms with Gasteiger partial charge in [-0.3, -0.25) is 24.0 Å². The molecule has 9 heteroatoms. The van der Waals surface area contributed by atoms with Crippen molar-refractivity contribution in [2.45, 2.75) is 26.8 Å². The molecule has 1 aromatic heterocycles. The van der Waals surface area contributed by atoms with Gasteiger partial charge in [0.05, 0.1) is 19.7 Å². The second-order valence-electron chi connectivity index (χ2n) is 8.74. The molecular formula is C23H33N5O4. The number of likely N-dealkylation sites (tertiary alicyclic amines) is 1. The van der Waals surface area contributed by atoms with Crippen LogP contribution in [0.3, 0.4) is 0 Å². The molecule has 3 N–H and O–H groups in total. The minimum absolute atomic E-state index is 0.0133. The molecule has 2 aromatic rings. The lowest BCUT2D eigenvalue weighted by atomic mass is 9.92. The van der Waals surface area contributed by atoms with Crippen LogP contribution in [0.25, 0.3) is 0 Å². The molecule has 0 unspecified atom stereocenters. The maximum Gasteiger partial charge on any atom is 0.330 e. The van der Waals surface area contributed by atoms with Gasteiger partial charge in [0.2, 0.25) is 5.91 Å². The number of carbonyl (C=O) groups is 1. The van der Waals surface area contributed by atoms with Gasteiger partial charge in [0.1, 0.15) is 5.82 Å². The number of H-pyrrole nitrogens is 1. The van der Waals surface area contributed by atoms with Crippen molar-refractivity contribution in [2.75, 3.05) is 50.5 Å². The number of aromatic amines is 1. The molecule has 0 aliphatic carbocycles. The largest absolute Gasteiger partial charge is 0.383 e. The summed E-state index contributed by atoms with van der Waals surface area (Å²) in [6.45, 7) is 6.76. The molecule has 1 aliphatic rings. The Morgan fingerprint density at radius 3 is 2.47 bits per heavy atom. The lowest BCUT2D eigenvalue weighted by molar-refractivity contribution is -0.120. The van der Waals surface area contributed by atoms with Crippen LogP contribution in [0.5, 0.6) is 0 Å². The quantitative estimate of drug-likeness (QED) is 0.632. The van der Waals surface area contributed by atoms with E-state index in [1.807, 2.05) is 30.3 Å². The fourth-order valence-electron chi connectivity index (χ4n) is 4.50. The molecule has 1 aromatic carbocycles. The number of nitrogens with one attached hydrogen (secondary N) is 1. The van der Waals surface area contributed by atoms with Gasteiger partial charge in [-0.1, -0.05) is 44.2 Å². The highest BCUT2D eigenvalue weighted by molar-refractivity contribution is 5.96. The number of nitrogens with zero attached hydrogens (tertiary/aromatic N) is 3. The molecule has 9 nitrogen and oxygen atoms in total. The van der Waals surface area contributed by atoms with Crippen molar-refractivity contribution in [1.29, 1.82) is 0 Å². The summed E-state index contributed by atoms with van der Waals surface area (Å²) in [5.41, 5.74) is 5.86. The summed E-state index contributed by atoms with van der Waals surface area (Å²) in [4.78, 5) is 44.4. The zero-order valence-electron chi connectivity index (χ0n) is 19.0. The number of carbonyl (C=O) groups excluding carboxylic acids is 1. The predicted molar refractivity (Wildman–Crippen MR) is 125 cm³/mol. The zero-order chi connectivity index (χ0) is 23.3. The van der Waals surface area contributed by atoms with Crippen LogP contribution >= 0.6 is 0 Å². The van der Waals surface area contributed by atoms with Crippen molar-refractivity contribution in [3.05, 3.63) is 56.7 Å². The third kappa shape index (κ3) is 5.66. The first kappa shape index (κ1) is 23.7. The van der Waals surface area contributed by atoms with Gasteiger partial charge in [-0.15, -0.1) is 0 Å². The summed E-state index contributed by atoms with van der Waals surface area (Å²) in [6, 6.07) is 9.32. The van der Waals surface area contributed by atoms with E-state index >= 15 is 0 Å². The molecule has 174 valence electrons. The van der Waals surface area contributed by atoms with Crippen molar-refractivity contribution in [1.82, 2.24) is 14.5 Å². The Hall–Kier alpha value is -2.91. The van der Waals surface area contributed by atoms with Crippen LogP contribution in [0.1, 0.15) is 25.8 Å². The number of ether oxygens (including phenoxy) is 1. The van der Waals surface area contributed by atoms with Gasteiger partial charge in [-0.05, 0) is 23.8 Å². The van der Waals surface area contributed by atoms with Crippen molar-refractivity contribution < 1.29 is 9.53 Å². The van der Waals surface area contributed by atoms with E-state index in [1.165, 1.54) is 16.6 Å². The highest BCUT2D eigenvalue weighted by Crippen LogP contribution is 2.22. The summed E-state index contributed by atoms with van der Waals surface area (Å²) < 4.78 is 6.45. The highest BCUT2D eigenvalue weighted by Gasteiger charge is 2.28. The van der Waals surface area contributed by atoms with Gasteiger partial charge in [0.25, 0.3) is 5.56 Å². The van der Waals surface area contributed by atoms with E-state index in [0.717, 1.165) is 25.1 Å². The minimum Gasteiger partial charge on any atom is -0.383 e. The van der Waals surface area contributed by atoms with Gasteiger partial charge >= 0.3 is 5.69 Å². The van der Waals surface area contributed by atoms with Crippen LogP contribution in [0, 0.1) is 11.8 Å². The first-order chi connectivity index (χ1) is 15.3. The Morgan fingerprint density at radius 1 is 1.19 bits per heavy atom. The number of hydrogen-bond donors (Lipinski definition) is 2. The van der Waals surface area contributed by atoms with Crippen molar-refractivity contribution in [3.8, 4) is 0 Å². The molecule has 2 heterocycles. The number of methoxy groups -OCH3 is 1. The van der Waals surface area contributed by atoms with Crippen LogP contribution in [0.2, 0.25) is 0 Å². The maximum absolute atomic E-state index is 13.3. The average Bonchev–Trinajstić information content (AvgIpc) is 2.73. The molecular weight excluding hydrogens is 410 g/mol. The van der Waals surface area contributed by atoms with Crippen LogP contribution in [-0.2, 0) is 16.1 Å². The van der Waals surface area contributed by atoms with E-state index in [-0.39, 0.29) is 43.7 Å². The lowest BCUT2D eigenvalue weighted by Crippen LogP contribution is -2.49. The Morgan fingerprint density at radius 2 is 1.84 bits per heavy atom. The summed E-state index contributed by atoms with van der Waals surface area (Å²) in [5, 5.41) is 0. The lowest BCUT2D eigenvalue weighted by Gasteiger charge is -2.35. The van der Waals surface area contributed by atoms with Crippen LogP contribution in [-0.4, -0.2) is 60.3 Å². The van der Waals surface area contributed by atoms with E-state index in [2.05, 4.69) is 23.7 Å². The van der Waals surface area contributed by atoms with Gasteiger partial charge < -0.3 is 15.4 Å². The van der Waals surface area contributed by atoms with E-state index in [9.17, 15) is 14.4 Å². The number of rotatable bonds is 8. The van der Waals surface area contributed by atoms with Crippen LogP contribution in [0.15, 0.2) is 39.9 Å². The molecule has 0 bridgehead atoms. The highest BCUT2D eigenvalue weighted by atomic mass is 16.5. The molecule has 1 aliphatic heterocycles. The van der Waals surface area contributed by atoms with Crippen LogP contribution < -0.4 is 21.9 Å². The molecule has 1 fully saturated rings. The number of piperidine rings is 1. The third-order valence-electron chi connectivity index (χ3n) is 5.79. The average molecular weight is 444 g/mol. The normalized spacial score (nSPS) is 19.1. The zero-order valence-corrected chi connectivity index (χ0v) is 19.0.